The zero-order valence-corrected chi connectivity index (χ0v) is 14.3. The molecule has 0 atom stereocenters. The molecule has 0 spiro atoms. The Labute approximate surface area is 147 Å². The number of aromatic nitrogens is 1. The summed E-state index contributed by atoms with van der Waals surface area (Å²) in [6, 6.07) is 15.3. The lowest BCUT2D eigenvalue weighted by Crippen LogP contribution is -2.23. The Bertz CT molecular complexity index is 824. The Balaban J connectivity index is 1.65. The zero-order valence-electron chi connectivity index (χ0n) is 14.3. The average molecular weight is 335 g/mol. The van der Waals surface area contributed by atoms with Crippen molar-refractivity contribution < 1.29 is 9.21 Å². The largest absolute Gasteiger partial charge is 0.467 e. The maximum atomic E-state index is 12.1. The second-order valence-electron chi connectivity index (χ2n) is 6.06. The molecule has 0 unspecified atom stereocenters. The van der Waals surface area contributed by atoms with Gasteiger partial charge in [-0.1, -0.05) is 32.0 Å². The topological polar surface area (TPSA) is 67.2 Å². The van der Waals surface area contributed by atoms with E-state index in [2.05, 4.69) is 35.5 Å². The van der Waals surface area contributed by atoms with Gasteiger partial charge in [-0.05, 0) is 41.8 Å². The van der Waals surface area contributed by atoms with Crippen LogP contribution in [0.25, 0.3) is 0 Å². The van der Waals surface area contributed by atoms with Crippen molar-refractivity contribution in [2.45, 2.75) is 26.3 Å². The van der Waals surface area contributed by atoms with Gasteiger partial charge in [0.05, 0.1) is 24.7 Å². The number of pyridine rings is 1. The van der Waals surface area contributed by atoms with Gasteiger partial charge < -0.3 is 15.1 Å². The first-order chi connectivity index (χ1) is 12.1. The van der Waals surface area contributed by atoms with Gasteiger partial charge in [0.25, 0.3) is 5.91 Å². The fraction of sp³-hybridized carbons (Fsp3) is 0.200. The van der Waals surface area contributed by atoms with Crippen molar-refractivity contribution in [3.05, 3.63) is 78.0 Å². The molecule has 0 bridgehead atoms. The maximum Gasteiger partial charge on any atom is 0.270 e. The lowest BCUT2D eigenvalue weighted by Gasteiger charge is -2.14. The molecular weight excluding hydrogens is 314 g/mol. The molecular formula is C20H21N3O2. The quantitative estimate of drug-likeness (QED) is 0.697. The number of furan rings is 1. The summed E-state index contributed by atoms with van der Waals surface area (Å²) >= 11 is 0. The van der Waals surface area contributed by atoms with Gasteiger partial charge in [0.1, 0.15) is 11.5 Å². The van der Waals surface area contributed by atoms with Crippen molar-refractivity contribution in [2.24, 2.45) is 0 Å². The molecule has 2 heterocycles. The van der Waals surface area contributed by atoms with Gasteiger partial charge in [-0.25, -0.2) is 4.98 Å². The highest BCUT2D eigenvalue weighted by atomic mass is 16.3. The van der Waals surface area contributed by atoms with Crippen LogP contribution < -0.4 is 10.6 Å². The third-order valence-corrected chi connectivity index (χ3v) is 3.86. The number of anilines is 2. The van der Waals surface area contributed by atoms with Crippen LogP contribution in [0, 0.1) is 0 Å². The van der Waals surface area contributed by atoms with E-state index in [0.717, 1.165) is 11.4 Å². The number of nitrogens with one attached hydrogen (secondary N) is 2. The van der Waals surface area contributed by atoms with E-state index >= 15 is 0 Å². The van der Waals surface area contributed by atoms with Gasteiger partial charge in [0.15, 0.2) is 0 Å². The molecule has 1 amide bonds. The van der Waals surface area contributed by atoms with Crippen molar-refractivity contribution in [1.29, 1.82) is 0 Å². The summed E-state index contributed by atoms with van der Waals surface area (Å²) in [5.41, 5.74) is 3.50. The molecule has 0 fully saturated rings. The van der Waals surface area contributed by atoms with Gasteiger partial charge in [0.2, 0.25) is 0 Å². The normalized spacial score (nSPS) is 10.7. The number of hydrogen-bond acceptors (Lipinski definition) is 4. The van der Waals surface area contributed by atoms with E-state index in [1.807, 2.05) is 30.3 Å². The lowest BCUT2D eigenvalue weighted by molar-refractivity contribution is 0.0943. The minimum absolute atomic E-state index is 0.231. The summed E-state index contributed by atoms with van der Waals surface area (Å²) in [4.78, 5) is 16.4. The summed E-state index contributed by atoms with van der Waals surface area (Å²) in [7, 11) is 0. The predicted octanol–water partition coefficient (Wildman–Crippen LogP) is 4.47. The Morgan fingerprint density at radius 2 is 1.96 bits per heavy atom. The van der Waals surface area contributed by atoms with Crippen LogP contribution >= 0.6 is 0 Å². The number of amides is 1. The van der Waals surface area contributed by atoms with E-state index in [1.165, 1.54) is 5.56 Å². The first-order valence-corrected chi connectivity index (χ1v) is 8.26. The second kappa shape index (κ2) is 7.66. The molecule has 25 heavy (non-hydrogen) atoms. The van der Waals surface area contributed by atoms with Crippen LogP contribution in [-0.4, -0.2) is 10.9 Å². The van der Waals surface area contributed by atoms with Crippen molar-refractivity contribution in [2.75, 3.05) is 5.32 Å². The summed E-state index contributed by atoms with van der Waals surface area (Å²) < 4.78 is 5.19. The van der Waals surface area contributed by atoms with Crippen LogP contribution in [0.5, 0.6) is 0 Å². The fourth-order valence-electron chi connectivity index (χ4n) is 2.54. The first-order valence-electron chi connectivity index (χ1n) is 8.26. The Hall–Kier alpha value is -3.08. The predicted molar refractivity (Wildman–Crippen MR) is 97.9 cm³/mol. The molecule has 3 aromatic rings. The van der Waals surface area contributed by atoms with Gasteiger partial charge in [-0.3, -0.25) is 4.79 Å². The van der Waals surface area contributed by atoms with Gasteiger partial charge in [0, 0.05) is 5.69 Å². The molecule has 0 aliphatic carbocycles. The lowest BCUT2D eigenvalue weighted by atomic mass is 10.0. The number of nitrogens with zero attached hydrogens (tertiary/aromatic N) is 1. The highest BCUT2D eigenvalue weighted by Crippen LogP contribution is 2.26. The summed E-state index contributed by atoms with van der Waals surface area (Å²) in [5.74, 6) is 0.894. The molecule has 0 radical (unpaired) electrons. The maximum absolute atomic E-state index is 12.1. The van der Waals surface area contributed by atoms with E-state index < -0.39 is 0 Å². The molecule has 5 nitrogen and oxygen atoms in total. The Morgan fingerprint density at radius 1 is 1.12 bits per heavy atom. The summed E-state index contributed by atoms with van der Waals surface area (Å²) in [5, 5.41) is 6.14. The number of carbonyl (C=O) groups excluding carboxylic acids is 1. The number of para-hydroxylation sites is 1. The monoisotopic (exact) mass is 335 g/mol. The van der Waals surface area contributed by atoms with Crippen LogP contribution in [0.2, 0.25) is 0 Å². The van der Waals surface area contributed by atoms with Crippen molar-refractivity contribution in [1.82, 2.24) is 10.3 Å². The average Bonchev–Trinajstić information content (AvgIpc) is 3.14. The zero-order chi connectivity index (χ0) is 17.6. The van der Waals surface area contributed by atoms with Crippen LogP contribution in [0.3, 0.4) is 0 Å². The third-order valence-electron chi connectivity index (χ3n) is 3.86. The number of rotatable bonds is 6. The van der Waals surface area contributed by atoms with E-state index in [-0.39, 0.29) is 5.91 Å². The fourth-order valence-corrected chi connectivity index (χ4v) is 2.54. The molecule has 128 valence electrons. The number of carbonyl (C=O) groups is 1. The molecule has 1 aromatic carbocycles. The highest BCUT2D eigenvalue weighted by molar-refractivity contribution is 5.92. The molecule has 0 aliphatic rings. The van der Waals surface area contributed by atoms with Gasteiger partial charge in [-0.15, -0.1) is 0 Å². The first kappa shape index (κ1) is 16.8. The molecule has 2 aromatic heterocycles. The van der Waals surface area contributed by atoms with Crippen LogP contribution in [-0.2, 0) is 6.54 Å². The van der Waals surface area contributed by atoms with Gasteiger partial charge in [-0.2, -0.15) is 0 Å². The van der Waals surface area contributed by atoms with E-state index in [4.69, 9.17) is 4.42 Å². The third kappa shape index (κ3) is 4.26. The molecule has 5 heteroatoms. The van der Waals surface area contributed by atoms with Crippen LogP contribution in [0.4, 0.5) is 11.4 Å². The Morgan fingerprint density at radius 3 is 2.64 bits per heavy atom. The number of benzene rings is 1. The molecule has 2 N–H and O–H groups in total. The van der Waals surface area contributed by atoms with E-state index in [0.29, 0.717) is 23.9 Å². The van der Waals surface area contributed by atoms with E-state index in [9.17, 15) is 4.79 Å². The van der Waals surface area contributed by atoms with Crippen molar-refractivity contribution in [3.8, 4) is 0 Å². The van der Waals surface area contributed by atoms with Crippen LogP contribution in [0.1, 0.15) is 41.6 Å². The SMILES string of the molecule is CC(C)c1ccccc1Nc1ccc(C(=O)NCc2ccco2)nc1. The van der Waals surface area contributed by atoms with Crippen molar-refractivity contribution >= 4 is 17.3 Å². The number of hydrogen-bond donors (Lipinski definition) is 2. The summed E-state index contributed by atoms with van der Waals surface area (Å²) in [6.45, 7) is 4.66. The molecule has 3 rings (SSSR count). The van der Waals surface area contributed by atoms with Crippen molar-refractivity contribution in [3.63, 3.8) is 0 Å². The smallest absolute Gasteiger partial charge is 0.270 e. The minimum atomic E-state index is -0.231. The second-order valence-corrected chi connectivity index (χ2v) is 6.06. The van der Waals surface area contributed by atoms with E-state index in [1.54, 1.807) is 24.6 Å². The van der Waals surface area contributed by atoms with Crippen LogP contribution in [0.15, 0.2) is 65.4 Å². The minimum Gasteiger partial charge on any atom is -0.467 e. The standard InChI is InChI=1S/C20H21N3O2/c1-14(2)17-7-3-4-8-18(17)23-15-9-10-19(21-12-15)20(24)22-13-16-6-5-11-25-16/h3-12,14,23H,13H2,1-2H3,(H,22,24). The van der Waals surface area contributed by atoms with Gasteiger partial charge >= 0.3 is 0 Å². The molecule has 0 aliphatic heterocycles. The molecule has 0 saturated carbocycles. The highest BCUT2D eigenvalue weighted by Gasteiger charge is 2.09. The summed E-state index contributed by atoms with van der Waals surface area (Å²) in [6.07, 6.45) is 3.24. The Kier molecular flexibility index (Phi) is 5.14. The molecule has 0 saturated heterocycles.